The van der Waals surface area contributed by atoms with Crippen molar-refractivity contribution in [1.82, 2.24) is 0 Å². The molecule has 0 aliphatic heterocycles. The molecule has 0 N–H and O–H groups in total. The quantitative estimate of drug-likeness (QED) is 0.677. The van der Waals surface area contributed by atoms with Crippen LogP contribution in [0.1, 0.15) is 0 Å². The van der Waals surface area contributed by atoms with Crippen LogP contribution in [-0.4, -0.2) is 26.3 Å². The van der Waals surface area contributed by atoms with Gasteiger partial charge in [-0.05, 0) is 0 Å². The van der Waals surface area contributed by atoms with Gasteiger partial charge in [0.2, 0.25) is 0 Å². The SMILES string of the molecule is C[Se][Se]c1ccccc1. The van der Waals surface area contributed by atoms with Crippen LogP contribution in [0, 0.1) is 0 Å². The van der Waals surface area contributed by atoms with Crippen LogP contribution in [0.3, 0.4) is 0 Å². The van der Waals surface area contributed by atoms with Crippen molar-refractivity contribution in [3.63, 3.8) is 0 Å². The van der Waals surface area contributed by atoms with E-state index in [4.69, 9.17) is 0 Å². The van der Waals surface area contributed by atoms with Crippen LogP contribution in [0.2, 0.25) is 5.82 Å². The first-order chi connectivity index (χ1) is 4.43. The Balaban J connectivity index is 2.61. The number of hydrogen-bond donors (Lipinski definition) is 0. The van der Waals surface area contributed by atoms with E-state index >= 15 is 0 Å². The molecule has 1 aromatic carbocycles. The molecule has 9 heavy (non-hydrogen) atoms. The van der Waals surface area contributed by atoms with Gasteiger partial charge in [0.1, 0.15) is 0 Å². The van der Waals surface area contributed by atoms with Gasteiger partial charge in [-0.1, -0.05) is 0 Å². The molecule has 0 bridgehead atoms. The van der Waals surface area contributed by atoms with Crippen molar-refractivity contribution in [3.8, 4) is 0 Å². The predicted octanol–water partition coefficient (Wildman–Crippen LogP) is 0.683. The monoisotopic (exact) mass is 252 g/mol. The standard InChI is InChI=1S/C7H8Se2/c1-8-9-7-5-3-2-4-6-7/h2-6H,1H3. The Hall–Kier alpha value is 0.259. The number of rotatable bonds is 2. The molecule has 48 valence electrons. The molecule has 0 atom stereocenters. The topological polar surface area (TPSA) is 0 Å². The fraction of sp³-hybridized carbons (Fsp3) is 0.143. The van der Waals surface area contributed by atoms with Gasteiger partial charge in [0.05, 0.1) is 0 Å². The van der Waals surface area contributed by atoms with E-state index in [1.54, 1.807) is 0 Å². The zero-order valence-corrected chi connectivity index (χ0v) is 8.63. The molecular formula is C7H8Se2. The van der Waals surface area contributed by atoms with Gasteiger partial charge in [0, 0.05) is 0 Å². The van der Waals surface area contributed by atoms with Crippen LogP contribution in [0.15, 0.2) is 30.3 Å². The molecule has 1 aromatic rings. The number of hydrogen-bond acceptors (Lipinski definition) is 0. The van der Waals surface area contributed by atoms with Crippen molar-refractivity contribution in [2.24, 2.45) is 0 Å². The minimum absolute atomic E-state index is 0.772. The zero-order valence-electron chi connectivity index (χ0n) is 5.20. The maximum absolute atomic E-state index is 2.29. The first-order valence-corrected chi connectivity index (χ1v) is 9.59. The van der Waals surface area contributed by atoms with Gasteiger partial charge in [-0.3, -0.25) is 0 Å². The second-order valence-electron chi connectivity index (χ2n) is 1.56. The molecule has 0 aliphatic rings. The molecule has 0 fully saturated rings. The normalized spacial score (nSPS) is 9.44. The summed E-state index contributed by atoms with van der Waals surface area (Å²) in [4.78, 5) is 0. The maximum atomic E-state index is 2.29. The van der Waals surface area contributed by atoms with E-state index in [-0.39, 0.29) is 0 Å². The van der Waals surface area contributed by atoms with E-state index in [0.717, 1.165) is 26.3 Å². The summed E-state index contributed by atoms with van der Waals surface area (Å²) >= 11 is 1.61. The molecule has 0 radical (unpaired) electrons. The average Bonchev–Trinajstić information content (AvgIpc) is 1.91. The second-order valence-corrected chi connectivity index (χ2v) is 9.05. The second kappa shape index (κ2) is 4.13. The summed E-state index contributed by atoms with van der Waals surface area (Å²) in [5.41, 5.74) is 0. The first-order valence-electron chi connectivity index (χ1n) is 2.69. The molecule has 0 saturated heterocycles. The van der Waals surface area contributed by atoms with Gasteiger partial charge >= 0.3 is 66.9 Å². The Morgan fingerprint density at radius 2 is 1.78 bits per heavy atom. The van der Waals surface area contributed by atoms with Crippen molar-refractivity contribution in [2.45, 2.75) is 5.82 Å². The molecule has 0 unspecified atom stereocenters. The third kappa shape index (κ3) is 2.55. The molecule has 0 heterocycles. The average molecular weight is 250 g/mol. The summed E-state index contributed by atoms with van der Waals surface area (Å²) in [5, 5.41) is 0. The van der Waals surface area contributed by atoms with Crippen LogP contribution in [0.25, 0.3) is 0 Å². The van der Waals surface area contributed by atoms with Crippen LogP contribution >= 0.6 is 0 Å². The third-order valence-electron chi connectivity index (χ3n) is 0.923. The van der Waals surface area contributed by atoms with Crippen molar-refractivity contribution < 1.29 is 0 Å². The summed E-state index contributed by atoms with van der Waals surface area (Å²) in [6.07, 6.45) is 0. The van der Waals surface area contributed by atoms with Crippen LogP contribution in [0.4, 0.5) is 0 Å². The Labute approximate surface area is 66.9 Å². The van der Waals surface area contributed by atoms with E-state index in [1.165, 1.54) is 4.46 Å². The molecule has 0 saturated carbocycles. The van der Waals surface area contributed by atoms with Gasteiger partial charge in [-0.2, -0.15) is 0 Å². The molecule has 1 rings (SSSR count). The van der Waals surface area contributed by atoms with E-state index in [9.17, 15) is 0 Å². The summed E-state index contributed by atoms with van der Waals surface area (Å²) in [6, 6.07) is 10.7. The summed E-state index contributed by atoms with van der Waals surface area (Å²) in [5.74, 6) is 2.29. The predicted molar refractivity (Wildman–Crippen MR) is 43.4 cm³/mol. The summed E-state index contributed by atoms with van der Waals surface area (Å²) in [6.45, 7) is 0. The first kappa shape index (κ1) is 7.37. The van der Waals surface area contributed by atoms with Crippen LogP contribution in [-0.2, 0) is 0 Å². The Morgan fingerprint density at radius 1 is 1.11 bits per heavy atom. The van der Waals surface area contributed by atoms with E-state index in [2.05, 4.69) is 36.2 Å². The molecule has 0 spiro atoms. The third-order valence-corrected chi connectivity index (χ3v) is 6.16. The molecule has 0 amide bonds. The van der Waals surface area contributed by atoms with Crippen molar-refractivity contribution in [2.75, 3.05) is 0 Å². The Bertz CT molecular complexity index is 160. The van der Waals surface area contributed by atoms with Crippen LogP contribution < -0.4 is 4.46 Å². The molecular weight excluding hydrogens is 242 g/mol. The molecule has 0 aromatic heterocycles. The Morgan fingerprint density at radius 3 is 2.33 bits per heavy atom. The van der Waals surface area contributed by atoms with Crippen molar-refractivity contribution >= 4 is 30.7 Å². The van der Waals surface area contributed by atoms with Gasteiger partial charge < -0.3 is 0 Å². The van der Waals surface area contributed by atoms with Gasteiger partial charge in [-0.15, -0.1) is 0 Å². The summed E-state index contributed by atoms with van der Waals surface area (Å²) < 4.78 is 1.53. The number of benzene rings is 1. The molecule has 0 nitrogen and oxygen atoms in total. The van der Waals surface area contributed by atoms with Gasteiger partial charge in [0.15, 0.2) is 0 Å². The van der Waals surface area contributed by atoms with Gasteiger partial charge in [0.25, 0.3) is 0 Å². The Kier molecular flexibility index (Phi) is 3.38. The van der Waals surface area contributed by atoms with E-state index in [1.807, 2.05) is 0 Å². The minimum atomic E-state index is 0.772. The molecule has 0 aliphatic carbocycles. The fourth-order valence-corrected chi connectivity index (χ4v) is 4.85. The van der Waals surface area contributed by atoms with Crippen molar-refractivity contribution in [1.29, 1.82) is 0 Å². The fourth-order valence-electron chi connectivity index (χ4n) is 0.572. The zero-order chi connectivity index (χ0) is 6.53. The van der Waals surface area contributed by atoms with Crippen molar-refractivity contribution in [3.05, 3.63) is 30.3 Å². The molecule has 2 heteroatoms. The van der Waals surface area contributed by atoms with Crippen LogP contribution in [0.5, 0.6) is 0 Å². The van der Waals surface area contributed by atoms with E-state index in [0.29, 0.717) is 0 Å². The van der Waals surface area contributed by atoms with Gasteiger partial charge in [-0.25, -0.2) is 0 Å². The summed E-state index contributed by atoms with van der Waals surface area (Å²) in [7, 11) is 0. The van der Waals surface area contributed by atoms with E-state index < -0.39 is 0 Å².